The van der Waals surface area contributed by atoms with Crippen molar-refractivity contribution in [1.82, 2.24) is 24.8 Å². The number of hydrogen-bond acceptors (Lipinski definition) is 6. The molecule has 0 unspecified atom stereocenters. The Morgan fingerprint density at radius 3 is 2.57 bits per heavy atom. The van der Waals surface area contributed by atoms with Gasteiger partial charge in [0.25, 0.3) is 5.91 Å². The first-order valence-electron chi connectivity index (χ1n) is 11.2. The van der Waals surface area contributed by atoms with E-state index in [-0.39, 0.29) is 41.3 Å². The number of nitrogens with two attached hydrogens (primary N) is 1. The third-order valence-corrected chi connectivity index (χ3v) is 6.66. The number of fused-ring (bicyclic) bond motifs is 1. The highest BCUT2D eigenvalue weighted by Gasteiger charge is 2.47. The van der Waals surface area contributed by atoms with Crippen LogP contribution in [0.2, 0.25) is 0 Å². The van der Waals surface area contributed by atoms with Crippen LogP contribution in [-0.2, 0) is 12.6 Å². The van der Waals surface area contributed by atoms with Gasteiger partial charge in [-0.05, 0) is 61.8 Å². The second-order valence-electron chi connectivity index (χ2n) is 9.15. The number of hydrogen-bond donors (Lipinski definition) is 1. The topological polar surface area (TPSA) is 97.9 Å². The molecule has 3 aromatic rings. The lowest BCUT2D eigenvalue weighted by Crippen LogP contribution is -2.46. The number of pyridine rings is 2. The predicted octanol–water partition coefficient (Wildman–Crippen LogP) is 4.08. The van der Waals surface area contributed by atoms with Crippen LogP contribution < -0.4 is 5.73 Å². The Bertz CT molecular complexity index is 1280. The van der Waals surface area contributed by atoms with Crippen LogP contribution in [0.15, 0.2) is 36.8 Å². The van der Waals surface area contributed by atoms with Crippen molar-refractivity contribution in [2.24, 2.45) is 11.8 Å². The smallest absolute Gasteiger partial charge is 0.383 e. The molecular formula is C24H22F4N6O. The van der Waals surface area contributed by atoms with Crippen molar-refractivity contribution < 1.29 is 22.4 Å². The van der Waals surface area contributed by atoms with E-state index in [9.17, 15) is 22.4 Å². The summed E-state index contributed by atoms with van der Waals surface area (Å²) in [4.78, 5) is 31.6. The molecule has 5 rings (SSSR count). The molecule has 3 aromatic heterocycles. The number of carbonyl (C=O) groups is 1. The van der Waals surface area contributed by atoms with Crippen molar-refractivity contribution in [3.63, 3.8) is 0 Å². The minimum Gasteiger partial charge on any atom is -0.383 e. The quantitative estimate of drug-likeness (QED) is 0.559. The second kappa shape index (κ2) is 8.54. The number of carbonyl (C=O) groups excluding carboxylic acids is 1. The van der Waals surface area contributed by atoms with E-state index in [0.29, 0.717) is 42.3 Å². The van der Waals surface area contributed by atoms with Gasteiger partial charge in [0.1, 0.15) is 11.5 Å². The maximum Gasteiger partial charge on any atom is 0.417 e. The van der Waals surface area contributed by atoms with Crippen molar-refractivity contribution in [1.29, 1.82) is 0 Å². The number of likely N-dealkylation sites (tertiary alicyclic amines) is 1. The number of nitrogens with zero attached hydrogens (tertiary/aromatic N) is 5. The van der Waals surface area contributed by atoms with Gasteiger partial charge in [0.05, 0.1) is 23.5 Å². The largest absolute Gasteiger partial charge is 0.417 e. The van der Waals surface area contributed by atoms with Crippen LogP contribution in [0, 0.1) is 24.6 Å². The van der Waals surface area contributed by atoms with Crippen LogP contribution in [0.4, 0.5) is 23.4 Å². The first-order valence-corrected chi connectivity index (χ1v) is 11.2. The molecule has 4 heterocycles. The molecule has 0 aromatic carbocycles. The van der Waals surface area contributed by atoms with Gasteiger partial charge in [-0.3, -0.25) is 4.79 Å². The molecule has 1 aliphatic carbocycles. The molecule has 0 radical (unpaired) electrons. The van der Waals surface area contributed by atoms with E-state index in [1.54, 1.807) is 24.0 Å². The fraction of sp³-hybridized carbons (Fsp3) is 0.375. The predicted molar refractivity (Wildman–Crippen MR) is 118 cm³/mol. The fourth-order valence-electron chi connectivity index (χ4n) is 4.72. The number of halogens is 4. The van der Waals surface area contributed by atoms with Crippen molar-refractivity contribution in [2.45, 2.75) is 38.4 Å². The summed E-state index contributed by atoms with van der Waals surface area (Å²) in [6.45, 7) is 2.21. The minimum absolute atomic E-state index is 0.0115. The Hall–Kier alpha value is -3.63. The van der Waals surface area contributed by atoms with E-state index in [2.05, 4.69) is 19.9 Å². The summed E-state index contributed by atoms with van der Waals surface area (Å²) in [5, 5.41) is 0. The molecule has 0 bridgehead atoms. The Kier molecular flexibility index (Phi) is 5.65. The molecule has 11 heteroatoms. The molecule has 2 fully saturated rings. The molecule has 35 heavy (non-hydrogen) atoms. The zero-order chi connectivity index (χ0) is 24.9. The lowest BCUT2D eigenvalue weighted by Gasteiger charge is -2.36. The summed E-state index contributed by atoms with van der Waals surface area (Å²) in [5.41, 5.74) is 6.37. The van der Waals surface area contributed by atoms with Gasteiger partial charge in [-0.25, -0.2) is 24.3 Å². The van der Waals surface area contributed by atoms with Gasteiger partial charge in [-0.2, -0.15) is 13.2 Å². The molecule has 1 saturated heterocycles. The molecule has 3 atom stereocenters. The highest BCUT2D eigenvalue weighted by molar-refractivity contribution is 5.98. The van der Waals surface area contributed by atoms with Crippen LogP contribution in [0.3, 0.4) is 0 Å². The Morgan fingerprint density at radius 1 is 1.11 bits per heavy atom. The average Bonchev–Trinajstić information content (AvgIpc) is 3.58. The summed E-state index contributed by atoms with van der Waals surface area (Å²) in [7, 11) is 0. The van der Waals surface area contributed by atoms with Crippen molar-refractivity contribution in [2.75, 3.05) is 12.3 Å². The molecule has 1 aliphatic heterocycles. The van der Waals surface area contributed by atoms with Crippen LogP contribution in [0.25, 0.3) is 11.4 Å². The van der Waals surface area contributed by atoms with Crippen molar-refractivity contribution in [3.8, 4) is 11.4 Å². The monoisotopic (exact) mass is 486 g/mol. The number of aromatic nitrogens is 4. The number of nitrogen functional groups attached to an aromatic ring is 1. The second-order valence-corrected chi connectivity index (χ2v) is 9.15. The van der Waals surface area contributed by atoms with E-state index >= 15 is 0 Å². The maximum absolute atomic E-state index is 13.8. The third-order valence-electron chi connectivity index (χ3n) is 6.66. The molecule has 1 saturated carbocycles. The van der Waals surface area contributed by atoms with E-state index in [4.69, 9.17) is 5.73 Å². The molecule has 2 N–H and O–H groups in total. The standard InChI is InChI=1S/C24H22F4N6O/c1-12-2-3-19(22-31-9-17(25)10-32-22)20(33-12)23(35)34-11-15-4-13(15)6-18(34)7-14-5-16(24(26,27)28)8-30-21(14)29/h2-3,5,8-10,13,15,18H,4,6-7,11H2,1H3,(H2,29,30)/t13-,15+,18+/m1/s1. The molecule has 1 amide bonds. The van der Waals surface area contributed by atoms with Crippen LogP contribution >= 0.6 is 0 Å². The highest BCUT2D eigenvalue weighted by Crippen LogP contribution is 2.48. The Balaban J connectivity index is 1.49. The van der Waals surface area contributed by atoms with E-state index in [0.717, 1.165) is 24.9 Å². The molecule has 2 aliphatic rings. The summed E-state index contributed by atoms with van der Waals surface area (Å²) >= 11 is 0. The fourth-order valence-corrected chi connectivity index (χ4v) is 4.72. The van der Waals surface area contributed by atoms with Gasteiger partial charge in [-0.15, -0.1) is 0 Å². The van der Waals surface area contributed by atoms with E-state index in [1.165, 1.54) is 0 Å². The number of anilines is 1. The number of alkyl halides is 3. The molecule has 7 nitrogen and oxygen atoms in total. The zero-order valence-corrected chi connectivity index (χ0v) is 18.8. The van der Waals surface area contributed by atoms with Crippen molar-refractivity contribution in [3.05, 3.63) is 65.1 Å². The van der Waals surface area contributed by atoms with Gasteiger partial charge < -0.3 is 10.6 Å². The molecule has 182 valence electrons. The van der Waals surface area contributed by atoms with E-state index in [1.807, 2.05) is 0 Å². The Labute approximate surface area is 198 Å². The normalized spacial score (nSPS) is 21.5. The van der Waals surface area contributed by atoms with Gasteiger partial charge >= 0.3 is 6.18 Å². The number of aryl methyl sites for hydroxylation is 1. The van der Waals surface area contributed by atoms with Crippen LogP contribution in [0.5, 0.6) is 0 Å². The maximum atomic E-state index is 13.8. The number of rotatable bonds is 4. The van der Waals surface area contributed by atoms with Gasteiger partial charge in [0, 0.05) is 24.5 Å². The van der Waals surface area contributed by atoms with Gasteiger partial charge in [-0.1, -0.05) is 0 Å². The lowest BCUT2D eigenvalue weighted by molar-refractivity contribution is -0.137. The van der Waals surface area contributed by atoms with Crippen molar-refractivity contribution >= 4 is 11.7 Å². The summed E-state index contributed by atoms with van der Waals surface area (Å²) in [6, 6.07) is 4.00. The summed E-state index contributed by atoms with van der Waals surface area (Å²) in [5.74, 6) is -0.0314. The van der Waals surface area contributed by atoms with Gasteiger partial charge in [0.2, 0.25) is 0 Å². The molecule has 0 spiro atoms. The van der Waals surface area contributed by atoms with E-state index < -0.39 is 17.6 Å². The highest BCUT2D eigenvalue weighted by atomic mass is 19.4. The van der Waals surface area contributed by atoms with Crippen LogP contribution in [-0.4, -0.2) is 43.3 Å². The summed E-state index contributed by atoms with van der Waals surface area (Å²) < 4.78 is 53.1. The molecular weight excluding hydrogens is 464 g/mol. The third kappa shape index (κ3) is 4.67. The Morgan fingerprint density at radius 2 is 1.86 bits per heavy atom. The summed E-state index contributed by atoms with van der Waals surface area (Å²) in [6.07, 6.45) is -0.0471. The minimum atomic E-state index is -4.55. The van der Waals surface area contributed by atoms with Gasteiger partial charge in [0.15, 0.2) is 11.6 Å². The SMILES string of the molecule is Cc1ccc(-c2ncc(F)cn2)c(C(=O)N2C[C@@H]3C[C@@H]3C[C@H]2Cc2cc(C(F)(F)F)cnc2N)n1. The first kappa shape index (κ1) is 23.1. The zero-order valence-electron chi connectivity index (χ0n) is 18.8. The number of amides is 1. The number of piperidine rings is 1. The van der Waals surface area contributed by atoms with Crippen LogP contribution in [0.1, 0.15) is 40.2 Å². The average molecular weight is 486 g/mol. The lowest BCUT2D eigenvalue weighted by atomic mass is 9.94. The first-order chi connectivity index (χ1) is 16.6.